The number of benzene rings is 1. The molecule has 186 valence electrons. The number of halogens is 1. The monoisotopic (exact) mass is 571 g/mol. The van der Waals surface area contributed by atoms with E-state index in [-0.39, 0.29) is 47.8 Å². The minimum atomic E-state index is 0. The highest BCUT2D eigenvalue weighted by atomic mass is 127. The standard InChI is InChI=1S/C25H41N5O2.HI/c1-19-13-30(14-20(2)32-19)25(3,4)18-27-24(26-5)29-16-22-23(17-29)31-12-11-28(22)15-21-9-7-6-8-10-21;/h6-10,19-20,22-23H,11-18H2,1-5H3,(H,26,27);1H. The van der Waals surface area contributed by atoms with Crippen molar-refractivity contribution in [1.29, 1.82) is 0 Å². The zero-order valence-corrected chi connectivity index (χ0v) is 23.2. The summed E-state index contributed by atoms with van der Waals surface area (Å²) in [5, 5.41) is 3.67. The lowest BCUT2D eigenvalue weighted by Gasteiger charge is -2.45. The van der Waals surface area contributed by atoms with Gasteiger partial charge in [-0.15, -0.1) is 24.0 Å². The Morgan fingerprint density at radius 3 is 2.45 bits per heavy atom. The Bertz CT molecular complexity index is 767. The van der Waals surface area contributed by atoms with Gasteiger partial charge in [0.2, 0.25) is 0 Å². The lowest BCUT2D eigenvalue weighted by molar-refractivity contribution is -0.0947. The van der Waals surface area contributed by atoms with E-state index >= 15 is 0 Å². The molecule has 0 aromatic heterocycles. The van der Waals surface area contributed by atoms with Crippen molar-refractivity contribution >= 4 is 29.9 Å². The van der Waals surface area contributed by atoms with Gasteiger partial charge in [-0.25, -0.2) is 0 Å². The van der Waals surface area contributed by atoms with Crippen LogP contribution in [0.5, 0.6) is 0 Å². The maximum Gasteiger partial charge on any atom is 0.193 e. The molecular weight excluding hydrogens is 529 g/mol. The topological polar surface area (TPSA) is 52.6 Å². The van der Waals surface area contributed by atoms with Crippen molar-refractivity contribution in [3.63, 3.8) is 0 Å². The van der Waals surface area contributed by atoms with E-state index in [0.717, 1.165) is 58.4 Å². The molecule has 3 aliphatic rings. The second kappa shape index (κ2) is 11.7. The zero-order chi connectivity index (χ0) is 22.7. The molecule has 3 heterocycles. The zero-order valence-electron chi connectivity index (χ0n) is 20.9. The summed E-state index contributed by atoms with van der Waals surface area (Å²) in [5.74, 6) is 0.977. The molecule has 4 unspecified atom stereocenters. The molecule has 4 rings (SSSR count). The third-order valence-corrected chi connectivity index (χ3v) is 7.11. The predicted octanol–water partition coefficient (Wildman–Crippen LogP) is 2.65. The molecule has 8 heteroatoms. The molecule has 0 amide bonds. The summed E-state index contributed by atoms with van der Waals surface area (Å²) in [4.78, 5) is 12.1. The van der Waals surface area contributed by atoms with E-state index in [0.29, 0.717) is 6.04 Å². The molecule has 0 aliphatic carbocycles. The first-order valence-corrected chi connectivity index (χ1v) is 12.1. The van der Waals surface area contributed by atoms with Crippen LogP contribution in [-0.2, 0) is 16.0 Å². The second-order valence-corrected chi connectivity index (χ2v) is 10.2. The van der Waals surface area contributed by atoms with E-state index in [1.807, 2.05) is 7.05 Å². The van der Waals surface area contributed by atoms with Crippen LogP contribution < -0.4 is 5.32 Å². The van der Waals surface area contributed by atoms with Crippen molar-refractivity contribution in [2.24, 2.45) is 4.99 Å². The van der Waals surface area contributed by atoms with E-state index in [4.69, 9.17) is 9.47 Å². The van der Waals surface area contributed by atoms with Crippen molar-refractivity contribution < 1.29 is 9.47 Å². The van der Waals surface area contributed by atoms with Crippen molar-refractivity contribution in [1.82, 2.24) is 20.0 Å². The predicted molar refractivity (Wildman–Crippen MR) is 144 cm³/mol. The maximum absolute atomic E-state index is 6.17. The van der Waals surface area contributed by atoms with E-state index in [2.05, 4.69) is 83.0 Å². The number of likely N-dealkylation sites (tertiary alicyclic amines) is 1. The summed E-state index contributed by atoms with van der Waals surface area (Å²) in [6, 6.07) is 11.2. The first-order chi connectivity index (χ1) is 15.4. The molecule has 0 saturated carbocycles. The summed E-state index contributed by atoms with van der Waals surface area (Å²) in [6.07, 6.45) is 0.776. The molecule has 7 nitrogen and oxygen atoms in total. The van der Waals surface area contributed by atoms with Gasteiger partial charge in [0, 0.05) is 58.4 Å². The molecule has 3 fully saturated rings. The average molecular weight is 572 g/mol. The number of aliphatic imine (C=N–C) groups is 1. The molecule has 3 aliphatic heterocycles. The largest absolute Gasteiger partial charge is 0.373 e. The van der Waals surface area contributed by atoms with Crippen LogP contribution in [0, 0.1) is 0 Å². The Morgan fingerprint density at radius 2 is 1.79 bits per heavy atom. The van der Waals surface area contributed by atoms with Crippen molar-refractivity contribution in [3.8, 4) is 0 Å². The average Bonchev–Trinajstić information content (AvgIpc) is 3.19. The van der Waals surface area contributed by atoms with E-state index in [9.17, 15) is 0 Å². The van der Waals surface area contributed by atoms with Gasteiger partial charge in [0.1, 0.15) is 0 Å². The number of nitrogens with one attached hydrogen (secondary N) is 1. The van der Waals surface area contributed by atoms with Crippen LogP contribution in [0.2, 0.25) is 0 Å². The minimum Gasteiger partial charge on any atom is -0.373 e. The third-order valence-electron chi connectivity index (χ3n) is 7.11. The molecule has 0 bridgehead atoms. The van der Waals surface area contributed by atoms with Crippen LogP contribution in [0.1, 0.15) is 33.3 Å². The van der Waals surface area contributed by atoms with Crippen LogP contribution >= 0.6 is 24.0 Å². The molecule has 33 heavy (non-hydrogen) atoms. The van der Waals surface area contributed by atoms with Gasteiger partial charge in [0.25, 0.3) is 0 Å². The third kappa shape index (κ3) is 6.60. The quantitative estimate of drug-likeness (QED) is 0.334. The normalized spacial score (nSPS) is 29.5. The number of hydrogen-bond donors (Lipinski definition) is 1. The Hall–Kier alpha value is -0.940. The van der Waals surface area contributed by atoms with E-state index in [1.165, 1.54) is 5.56 Å². The van der Waals surface area contributed by atoms with Crippen molar-refractivity contribution in [3.05, 3.63) is 35.9 Å². The fraction of sp³-hybridized carbons (Fsp3) is 0.720. The summed E-state index contributed by atoms with van der Waals surface area (Å²) in [6.45, 7) is 16.3. The fourth-order valence-electron chi connectivity index (χ4n) is 5.36. The lowest BCUT2D eigenvalue weighted by atomic mass is 10.00. The Balaban J connectivity index is 0.00000306. The first-order valence-electron chi connectivity index (χ1n) is 12.1. The summed E-state index contributed by atoms with van der Waals surface area (Å²) in [5.41, 5.74) is 1.38. The number of fused-ring (bicyclic) bond motifs is 1. The summed E-state index contributed by atoms with van der Waals surface area (Å²) in [7, 11) is 1.89. The number of guanidine groups is 1. The van der Waals surface area contributed by atoms with Gasteiger partial charge in [-0.1, -0.05) is 30.3 Å². The lowest BCUT2D eigenvalue weighted by Crippen LogP contribution is -2.59. The summed E-state index contributed by atoms with van der Waals surface area (Å²) < 4.78 is 12.1. The van der Waals surface area contributed by atoms with Crippen molar-refractivity contribution in [2.75, 3.05) is 52.9 Å². The van der Waals surface area contributed by atoms with Crippen LogP contribution in [0.3, 0.4) is 0 Å². The van der Waals surface area contributed by atoms with Gasteiger partial charge in [0.05, 0.1) is 31.0 Å². The van der Waals surface area contributed by atoms with Crippen LogP contribution in [-0.4, -0.2) is 103 Å². The van der Waals surface area contributed by atoms with Gasteiger partial charge >= 0.3 is 0 Å². The molecule has 1 aromatic rings. The van der Waals surface area contributed by atoms with Gasteiger partial charge in [-0.3, -0.25) is 14.8 Å². The fourth-order valence-corrected chi connectivity index (χ4v) is 5.36. The van der Waals surface area contributed by atoms with E-state index in [1.54, 1.807) is 0 Å². The van der Waals surface area contributed by atoms with Crippen LogP contribution in [0.15, 0.2) is 35.3 Å². The number of ether oxygens (including phenoxy) is 2. The van der Waals surface area contributed by atoms with Gasteiger partial charge in [-0.2, -0.15) is 0 Å². The number of hydrogen-bond acceptors (Lipinski definition) is 5. The first kappa shape index (κ1) is 26.7. The van der Waals surface area contributed by atoms with Crippen LogP contribution in [0.25, 0.3) is 0 Å². The van der Waals surface area contributed by atoms with Crippen molar-refractivity contribution in [2.45, 2.75) is 64.1 Å². The molecule has 1 N–H and O–H groups in total. The number of nitrogens with zero attached hydrogens (tertiary/aromatic N) is 4. The molecule has 1 aromatic carbocycles. The highest BCUT2D eigenvalue weighted by Gasteiger charge is 2.41. The number of rotatable bonds is 5. The van der Waals surface area contributed by atoms with Gasteiger partial charge in [-0.05, 0) is 33.3 Å². The molecule has 3 saturated heterocycles. The summed E-state index contributed by atoms with van der Waals surface area (Å²) >= 11 is 0. The van der Waals surface area contributed by atoms with Gasteiger partial charge < -0.3 is 19.7 Å². The van der Waals surface area contributed by atoms with Crippen LogP contribution in [0.4, 0.5) is 0 Å². The van der Waals surface area contributed by atoms with E-state index < -0.39 is 0 Å². The smallest absolute Gasteiger partial charge is 0.193 e. The minimum absolute atomic E-state index is 0. The van der Waals surface area contributed by atoms with Gasteiger partial charge in [0.15, 0.2) is 5.96 Å². The number of morpholine rings is 2. The maximum atomic E-state index is 6.17. The SMILES string of the molecule is CN=C(NCC(C)(C)N1CC(C)OC(C)C1)N1CC2OCCN(Cc3ccccc3)C2C1.I. The highest BCUT2D eigenvalue weighted by Crippen LogP contribution is 2.25. The molecule has 0 radical (unpaired) electrons. The highest BCUT2D eigenvalue weighted by molar-refractivity contribution is 14.0. The Kier molecular flexibility index (Phi) is 9.42. The Morgan fingerprint density at radius 1 is 1.09 bits per heavy atom. The second-order valence-electron chi connectivity index (χ2n) is 10.2. The molecule has 0 spiro atoms. The molecular formula is C25H42IN5O2. The molecule has 4 atom stereocenters. The Labute approximate surface area is 216 Å².